The van der Waals surface area contributed by atoms with Gasteiger partial charge in [0.05, 0.1) is 39.1 Å². The van der Waals surface area contributed by atoms with Gasteiger partial charge in [-0.1, -0.05) is 35.5 Å². The first-order chi connectivity index (χ1) is 17.7. The third kappa shape index (κ3) is 6.68. The maximum atomic E-state index is 9.09. The minimum absolute atomic E-state index is 0.0289. The molecule has 192 valence electrons. The minimum Gasteiger partial charge on any atom is -0.394 e. The fourth-order valence-electron chi connectivity index (χ4n) is 4.63. The Morgan fingerprint density at radius 1 is 1.03 bits per heavy atom. The summed E-state index contributed by atoms with van der Waals surface area (Å²) in [7, 11) is 0. The Bertz CT molecular complexity index is 1080. The number of aliphatic hydroxyl groups is 1. The van der Waals surface area contributed by atoms with Gasteiger partial charge in [-0.2, -0.15) is 9.97 Å². The van der Waals surface area contributed by atoms with Gasteiger partial charge in [0.25, 0.3) is 0 Å². The Morgan fingerprint density at radius 3 is 2.61 bits per heavy atom. The molecule has 4 heterocycles. The number of morpholine rings is 1. The Balaban J connectivity index is 1.22. The van der Waals surface area contributed by atoms with Crippen molar-refractivity contribution in [2.45, 2.75) is 38.5 Å². The number of piperidine rings is 1. The summed E-state index contributed by atoms with van der Waals surface area (Å²) in [5.74, 6) is 2.28. The van der Waals surface area contributed by atoms with Crippen molar-refractivity contribution in [3.8, 4) is 0 Å². The topological polar surface area (TPSA) is 116 Å². The fourth-order valence-corrected chi connectivity index (χ4v) is 4.63. The molecule has 36 heavy (non-hydrogen) atoms. The third-order valence-corrected chi connectivity index (χ3v) is 6.58. The lowest BCUT2D eigenvalue weighted by molar-refractivity contribution is 0.122. The van der Waals surface area contributed by atoms with Gasteiger partial charge in [0.1, 0.15) is 17.3 Å². The molecule has 1 aromatic carbocycles. The number of likely N-dealkylation sites (tertiary alicyclic amines) is 1. The van der Waals surface area contributed by atoms with Crippen molar-refractivity contribution in [2.24, 2.45) is 0 Å². The van der Waals surface area contributed by atoms with Gasteiger partial charge in [0.15, 0.2) is 0 Å². The third-order valence-electron chi connectivity index (χ3n) is 6.58. The van der Waals surface area contributed by atoms with Crippen LogP contribution in [-0.2, 0) is 24.4 Å². The zero-order valence-electron chi connectivity index (χ0n) is 20.6. The van der Waals surface area contributed by atoms with Crippen LogP contribution in [0.4, 0.5) is 17.6 Å². The number of hydrogen-bond acceptors (Lipinski definition) is 10. The predicted octanol–water partition coefficient (Wildman–Crippen LogP) is 1.59. The van der Waals surface area contributed by atoms with E-state index in [4.69, 9.17) is 19.8 Å². The molecule has 0 aliphatic carbocycles. The molecule has 2 aliphatic heterocycles. The number of hydrogen-bond donors (Lipinski definition) is 3. The van der Waals surface area contributed by atoms with Crippen LogP contribution in [0.2, 0.25) is 0 Å². The maximum absolute atomic E-state index is 9.09. The summed E-state index contributed by atoms with van der Waals surface area (Å²) in [6.07, 6.45) is 3.96. The molecular formula is C25H35N9O2. The van der Waals surface area contributed by atoms with E-state index in [2.05, 4.69) is 61.1 Å². The molecule has 0 spiro atoms. The van der Waals surface area contributed by atoms with E-state index in [0.29, 0.717) is 38.3 Å². The fraction of sp³-hybridized carbons (Fsp3) is 0.520. The van der Waals surface area contributed by atoms with Crippen LogP contribution in [0.15, 0.2) is 42.6 Å². The minimum atomic E-state index is 0.0289. The lowest BCUT2D eigenvalue weighted by Crippen LogP contribution is -2.39. The second kappa shape index (κ2) is 12.1. The highest BCUT2D eigenvalue weighted by molar-refractivity contribution is 5.54. The van der Waals surface area contributed by atoms with Crippen molar-refractivity contribution in [2.75, 3.05) is 61.5 Å². The normalized spacial score (nSPS) is 17.3. The zero-order chi connectivity index (χ0) is 24.6. The number of nitrogens with zero attached hydrogens (tertiary/aromatic N) is 7. The number of benzene rings is 1. The van der Waals surface area contributed by atoms with Gasteiger partial charge >= 0.3 is 0 Å². The SMILES string of the molecule is OCCn1cc(CNc2nc(NC3CCN(Cc4ccccc4)CC3)cc(N3CCOCC3)n2)nn1. The number of anilines is 3. The largest absolute Gasteiger partial charge is 0.394 e. The molecule has 3 N–H and O–H groups in total. The lowest BCUT2D eigenvalue weighted by Gasteiger charge is -2.33. The van der Waals surface area contributed by atoms with E-state index in [-0.39, 0.29) is 6.61 Å². The Morgan fingerprint density at radius 2 is 1.83 bits per heavy atom. The van der Waals surface area contributed by atoms with Crippen LogP contribution >= 0.6 is 0 Å². The van der Waals surface area contributed by atoms with Crippen molar-refractivity contribution < 1.29 is 9.84 Å². The predicted molar refractivity (Wildman–Crippen MR) is 138 cm³/mol. The van der Waals surface area contributed by atoms with Crippen molar-refractivity contribution in [3.63, 3.8) is 0 Å². The standard InChI is InChI=1S/C25H35N9O2/c35-13-10-34-19-22(30-31-34)17-26-25-28-23(16-24(29-25)33-11-14-36-15-12-33)27-21-6-8-32(9-7-21)18-20-4-2-1-3-5-20/h1-5,16,19,21,35H,6-15,17-18H2,(H2,26,27,28,29). The number of nitrogens with one attached hydrogen (secondary N) is 2. The number of ether oxygens (including phenoxy) is 1. The van der Waals surface area contributed by atoms with Crippen molar-refractivity contribution in [1.29, 1.82) is 0 Å². The van der Waals surface area contributed by atoms with Crippen LogP contribution in [0.3, 0.4) is 0 Å². The number of aromatic nitrogens is 5. The summed E-state index contributed by atoms with van der Waals surface area (Å²) in [6.45, 7) is 7.04. The van der Waals surface area contributed by atoms with Gasteiger partial charge in [-0.05, 0) is 18.4 Å². The van der Waals surface area contributed by atoms with Gasteiger partial charge < -0.3 is 25.4 Å². The molecule has 2 aliphatic rings. The molecule has 2 aromatic heterocycles. The summed E-state index contributed by atoms with van der Waals surface area (Å²) >= 11 is 0. The molecule has 3 aromatic rings. The molecule has 0 saturated carbocycles. The first kappa shape index (κ1) is 24.4. The van der Waals surface area contributed by atoms with E-state index >= 15 is 0 Å². The summed E-state index contributed by atoms with van der Waals surface area (Å²) in [5.41, 5.74) is 2.13. The van der Waals surface area contributed by atoms with E-state index in [1.807, 2.05) is 12.3 Å². The summed E-state index contributed by atoms with van der Waals surface area (Å²) in [6, 6.07) is 13.1. The Hall–Kier alpha value is -3.28. The average molecular weight is 494 g/mol. The maximum Gasteiger partial charge on any atom is 0.226 e. The van der Waals surface area contributed by atoms with Crippen molar-refractivity contribution in [3.05, 3.63) is 53.9 Å². The highest BCUT2D eigenvalue weighted by Gasteiger charge is 2.21. The lowest BCUT2D eigenvalue weighted by atomic mass is 10.0. The van der Waals surface area contributed by atoms with Crippen LogP contribution in [0.5, 0.6) is 0 Å². The van der Waals surface area contributed by atoms with Gasteiger partial charge in [0, 0.05) is 44.8 Å². The van der Waals surface area contributed by atoms with Gasteiger partial charge in [-0.15, -0.1) is 5.10 Å². The number of rotatable bonds is 10. The van der Waals surface area contributed by atoms with Crippen LogP contribution < -0.4 is 15.5 Å². The molecule has 0 bridgehead atoms. The highest BCUT2D eigenvalue weighted by atomic mass is 16.5. The molecule has 2 saturated heterocycles. The van der Waals surface area contributed by atoms with Crippen LogP contribution in [0.25, 0.3) is 0 Å². The second-order valence-electron chi connectivity index (χ2n) is 9.26. The highest BCUT2D eigenvalue weighted by Crippen LogP contribution is 2.23. The molecule has 0 atom stereocenters. The molecule has 0 unspecified atom stereocenters. The van der Waals surface area contributed by atoms with E-state index in [9.17, 15) is 0 Å². The average Bonchev–Trinajstić information content (AvgIpc) is 3.37. The molecule has 0 radical (unpaired) electrons. The smallest absolute Gasteiger partial charge is 0.226 e. The van der Waals surface area contributed by atoms with E-state index in [0.717, 1.165) is 62.9 Å². The van der Waals surface area contributed by atoms with Gasteiger partial charge in [0.2, 0.25) is 5.95 Å². The monoisotopic (exact) mass is 493 g/mol. The molecule has 11 nitrogen and oxygen atoms in total. The first-order valence-electron chi connectivity index (χ1n) is 12.7. The Kier molecular flexibility index (Phi) is 8.21. The van der Waals surface area contributed by atoms with E-state index in [1.165, 1.54) is 5.56 Å². The molecule has 2 fully saturated rings. The summed E-state index contributed by atoms with van der Waals surface area (Å²) in [5, 5.41) is 24.2. The van der Waals surface area contributed by atoms with Crippen LogP contribution in [0, 0.1) is 0 Å². The van der Waals surface area contributed by atoms with E-state index < -0.39 is 0 Å². The van der Waals surface area contributed by atoms with Crippen LogP contribution in [0.1, 0.15) is 24.1 Å². The van der Waals surface area contributed by atoms with E-state index in [1.54, 1.807) is 4.68 Å². The van der Waals surface area contributed by atoms with Crippen molar-refractivity contribution in [1.82, 2.24) is 29.9 Å². The molecule has 0 amide bonds. The van der Waals surface area contributed by atoms with Crippen molar-refractivity contribution >= 4 is 17.6 Å². The summed E-state index contributed by atoms with van der Waals surface area (Å²) < 4.78 is 7.15. The summed E-state index contributed by atoms with van der Waals surface area (Å²) in [4.78, 5) is 14.3. The quantitative estimate of drug-likeness (QED) is 0.384. The zero-order valence-corrected chi connectivity index (χ0v) is 20.6. The molecular weight excluding hydrogens is 458 g/mol. The first-order valence-corrected chi connectivity index (χ1v) is 12.7. The van der Waals surface area contributed by atoms with Gasteiger partial charge in [-0.3, -0.25) is 4.90 Å². The van der Waals surface area contributed by atoms with Gasteiger partial charge in [-0.25, -0.2) is 4.68 Å². The molecule has 5 rings (SSSR count). The molecule has 11 heteroatoms. The number of aliphatic hydroxyl groups excluding tert-OH is 1. The van der Waals surface area contributed by atoms with Crippen LogP contribution in [-0.4, -0.2) is 87.0 Å². The Labute approximate surface area is 211 Å². The second-order valence-corrected chi connectivity index (χ2v) is 9.26.